The molecule has 6 rings (SSSR count). The van der Waals surface area contributed by atoms with Gasteiger partial charge in [0.15, 0.2) is 0 Å². The van der Waals surface area contributed by atoms with Crippen LogP contribution < -0.4 is 4.74 Å². The van der Waals surface area contributed by atoms with Crippen LogP contribution in [0.15, 0.2) is 109 Å². The Bertz CT molecular complexity index is 1780. The molecule has 0 aliphatic carbocycles. The zero-order chi connectivity index (χ0) is 26.6. The predicted octanol–water partition coefficient (Wildman–Crippen LogP) is 7.20. The molecule has 6 aromatic rings. The summed E-state index contributed by atoms with van der Waals surface area (Å²) in [5.41, 5.74) is 6.20. The topological polar surface area (TPSA) is 79.5 Å². The van der Waals surface area contributed by atoms with E-state index in [-0.39, 0.29) is 5.82 Å². The standard InChI is InChI=1S/C32H22FN5O/c33-26-14-10-22(11-15-26)21-39-28-16-12-23(13-17-28)31-25(20-38(37-31)27-6-2-1-3-7-27)18-24(19-34)32-35-29-8-4-5-9-30(29)36-32/h1-18,20H,21H2,(H,35,36)/b24-18-. The van der Waals surface area contributed by atoms with Gasteiger partial charge in [0.25, 0.3) is 0 Å². The Morgan fingerprint density at radius 3 is 2.41 bits per heavy atom. The number of para-hydroxylation sites is 3. The summed E-state index contributed by atoms with van der Waals surface area (Å²) in [7, 11) is 0. The number of allylic oxidation sites excluding steroid dienone is 1. The zero-order valence-corrected chi connectivity index (χ0v) is 20.8. The van der Waals surface area contributed by atoms with Crippen molar-refractivity contribution in [3.05, 3.63) is 132 Å². The lowest BCUT2D eigenvalue weighted by Gasteiger charge is -2.07. The largest absolute Gasteiger partial charge is 0.489 e. The van der Waals surface area contributed by atoms with E-state index in [1.807, 2.05) is 85.1 Å². The third-order valence-corrected chi connectivity index (χ3v) is 6.27. The van der Waals surface area contributed by atoms with E-state index in [0.29, 0.717) is 29.4 Å². The number of hydrogen-bond donors (Lipinski definition) is 1. The van der Waals surface area contributed by atoms with Crippen LogP contribution in [-0.4, -0.2) is 19.7 Å². The second-order valence-corrected chi connectivity index (χ2v) is 8.93. The van der Waals surface area contributed by atoms with Crippen LogP contribution in [0.2, 0.25) is 0 Å². The summed E-state index contributed by atoms with van der Waals surface area (Å²) in [5.74, 6) is 0.909. The van der Waals surface area contributed by atoms with Crippen LogP contribution in [0.1, 0.15) is 17.0 Å². The first-order chi connectivity index (χ1) is 19.2. The molecule has 2 heterocycles. The molecule has 0 radical (unpaired) electrons. The highest BCUT2D eigenvalue weighted by atomic mass is 19.1. The lowest BCUT2D eigenvalue weighted by Crippen LogP contribution is -1.96. The number of imidazole rings is 1. The third kappa shape index (κ3) is 5.17. The van der Waals surface area contributed by atoms with Crippen molar-refractivity contribution in [2.45, 2.75) is 6.61 Å². The van der Waals surface area contributed by atoms with E-state index in [4.69, 9.17) is 9.84 Å². The van der Waals surface area contributed by atoms with Crippen LogP contribution in [-0.2, 0) is 6.61 Å². The number of aromatic nitrogens is 4. The molecule has 1 N–H and O–H groups in total. The van der Waals surface area contributed by atoms with Gasteiger partial charge in [-0.3, -0.25) is 0 Å². The van der Waals surface area contributed by atoms with E-state index in [2.05, 4.69) is 16.0 Å². The molecule has 0 aliphatic heterocycles. The highest BCUT2D eigenvalue weighted by Crippen LogP contribution is 2.29. The summed E-state index contributed by atoms with van der Waals surface area (Å²) in [6.45, 7) is 0.333. The Kier molecular flexibility index (Phi) is 6.42. The Labute approximate surface area is 224 Å². The minimum atomic E-state index is -0.275. The van der Waals surface area contributed by atoms with E-state index in [1.54, 1.807) is 22.9 Å². The van der Waals surface area contributed by atoms with Gasteiger partial charge < -0.3 is 9.72 Å². The number of fused-ring (bicyclic) bond motifs is 1. The lowest BCUT2D eigenvalue weighted by atomic mass is 10.1. The van der Waals surface area contributed by atoms with Gasteiger partial charge in [-0.2, -0.15) is 10.4 Å². The van der Waals surface area contributed by atoms with Gasteiger partial charge in [-0.1, -0.05) is 42.5 Å². The van der Waals surface area contributed by atoms with Gasteiger partial charge >= 0.3 is 0 Å². The molecular weight excluding hydrogens is 489 g/mol. The minimum Gasteiger partial charge on any atom is -0.489 e. The summed E-state index contributed by atoms with van der Waals surface area (Å²) >= 11 is 0. The maximum atomic E-state index is 13.2. The van der Waals surface area contributed by atoms with E-state index in [1.165, 1.54) is 12.1 Å². The van der Waals surface area contributed by atoms with Gasteiger partial charge in [0, 0.05) is 17.3 Å². The molecule has 39 heavy (non-hydrogen) atoms. The number of nitrogens with one attached hydrogen (secondary N) is 1. The third-order valence-electron chi connectivity index (χ3n) is 6.27. The van der Waals surface area contributed by atoms with Crippen molar-refractivity contribution in [1.82, 2.24) is 19.7 Å². The monoisotopic (exact) mass is 511 g/mol. The van der Waals surface area contributed by atoms with Gasteiger partial charge in [0.2, 0.25) is 0 Å². The van der Waals surface area contributed by atoms with E-state index < -0.39 is 0 Å². The number of ether oxygens (including phenoxy) is 1. The fourth-order valence-electron chi connectivity index (χ4n) is 4.28. The molecular formula is C32H22FN5O. The van der Waals surface area contributed by atoms with Crippen molar-refractivity contribution in [1.29, 1.82) is 5.26 Å². The molecule has 0 fully saturated rings. The fourth-order valence-corrected chi connectivity index (χ4v) is 4.28. The van der Waals surface area contributed by atoms with Crippen molar-refractivity contribution in [3.8, 4) is 28.8 Å². The Morgan fingerprint density at radius 2 is 1.67 bits per heavy atom. The maximum absolute atomic E-state index is 13.2. The highest BCUT2D eigenvalue weighted by molar-refractivity contribution is 5.92. The first kappa shape index (κ1) is 23.9. The molecule has 0 aliphatic rings. The lowest BCUT2D eigenvalue weighted by molar-refractivity contribution is 0.306. The number of aromatic amines is 1. The Morgan fingerprint density at radius 1 is 0.923 bits per heavy atom. The second kappa shape index (κ2) is 10.5. The van der Waals surface area contributed by atoms with Gasteiger partial charge in [-0.25, -0.2) is 14.1 Å². The summed E-state index contributed by atoms with van der Waals surface area (Å²) < 4.78 is 20.8. The molecule has 6 nitrogen and oxygen atoms in total. The summed E-state index contributed by atoms with van der Waals surface area (Å²) in [6, 6.07) is 33.6. The Balaban J connectivity index is 1.34. The van der Waals surface area contributed by atoms with Crippen molar-refractivity contribution in [2.24, 2.45) is 0 Å². The minimum absolute atomic E-state index is 0.275. The molecule has 188 valence electrons. The number of rotatable bonds is 7. The van der Waals surface area contributed by atoms with Gasteiger partial charge in [0.1, 0.15) is 30.1 Å². The van der Waals surface area contributed by atoms with E-state index in [9.17, 15) is 9.65 Å². The van der Waals surface area contributed by atoms with E-state index in [0.717, 1.165) is 33.4 Å². The SMILES string of the molecule is N#C/C(=C/c1cn(-c2ccccc2)nc1-c1ccc(OCc2ccc(F)cc2)cc1)c1nc2ccccc2[nH]1. The van der Waals surface area contributed by atoms with Crippen LogP contribution in [0, 0.1) is 17.1 Å². The average molecular weight is 512 g/mol. The molecule has 0 bridgehead atoms. The smallest absolute Gasteiger partial charge is 0.149 e. The summed E-state index contributed by atoms with van der Waals surface area (Å²) in [4.78, 5) is 7.83. The van der Waals surface area contributed by atoms with Crippen LogP contribution in [0.25, 0.3) is 39.6 Å². The molecule has 0 saturated heterocycles. The molecule has 0 amide bonds. The van der Waals surface area contributed by atoms with Crippen molar-refractivity contribution >= 4 is 22.7 Å². The van der Waals surface area contributed by atoms with Gasteiger partial charge in [0.05, 0.1) is 28.0 Å². The number of H-pyrrole nitrogens is 1. The van der Waals surface area contributed by atoms with Crippen LogP contribution in [0.5, 0.6) is 5.75 Å². The average Bonchev–Trinajstić information content (AvgIpc) is 3.61. The number of nitriles is 1. The van der Waals surface area contributed by atoms with Crippen LogP contribution in [0.4, 0.5) is 4.39 Å². The molecule has 0 unspecified atom stereocenters. The highest BCUT2D eigenvalue weighted by Gasteiger charge is 2.15. The normalized spacial score (nSPS) is 11.4. The molecule has 0 saturated carbocycles. The number of nitrogens with zero attached hydrogens (tertiary/aromatic N) is 4. The van der Waals surface area contributed by atoms with Crippen molar-refractivity contribution in [2.75, 3.05) is 0 Å². The maximum Gasteiger partial charge on any atom is 0.149 e. The first-order valence-electron chi connectivity index (χ1n) is 12.4. The molecule has 7 heteroatoms. The molecule has 2 aromatic heterocycles. The molecule has 4 aromatic carbocycles. The summed E-state index contributed by atoms with van der Waals surface area (Å²) in [6.07, 6.45) is 3.71. The van der Waals surface area contributed by atoms with Crippen LogP contribution >= 0.6 is 0 Å². The number of benzene rings is 4. The first-order valence-corrected chi connectivity index (χ1v) is 12.4. The van der Waals surface area contributed by atoms with Crippen molar-refractivity contribution < 1.29 is 9.13 Å². The van der Waals surface area contributed by atoms with Gasteiger partial charge in [-0.05, 0) is 72.3 Å². The second-order valence-electron chi connectivity index (χ2n) is 8.93. The summed E-state index contributed by atoms with van der Waals surface area (Å²) in [5, 5.41) is 14.9. The Hall–Kier alpha value is -5.48. The fraction of sp³-hybridized carbons (Fsp3) is 0.0312. The number of hydrogen-bond acceptors (Lipinski definition) is 4. The number of halogens is 1. The quantitative estimate of drug-likeness (QED) is 0.230. The van der Waals surface area contributed by atoms with Gasteiger partial charge in [-0.15, -0.1) is 0 Å². The molecule has 0 spiro atoms. The predicted molar refractivity (Wildman–Crippen MR) is 149 cm³/mol. The van der Waals surface area contributed by atoms with E-state index >= 15 is 0 Å². The van der Waals surface area contributed by atoms with Crippen molar-refractivity contribution in [3.63, 3.8) is 0 Å². The van der Waals surface area contributed by atoms with Crippen LogP contribution in [0.3, 0.4) is 0 Å². The molecule has 0 atom stereocenters. The zero-order valence-electron chi connectivity index (χ0n) is 20.8.